The van der Waals surface area contributed by atoms with E-state index in [0.29, 0.717) is 5.82 Å². The molecule has 166 valence electrons. The summed E-state index contributed by atoms with van der Waals surface area (Å²) >= 11 is 0. The molecule has 0 bridgehead atoms. The van der Waals surface area contributed by atoms with E-state index in [-0.39, 0.29) is 0 Å². The lowest BCUT2D eigenvalue weighted by Gasteiger charge is -2.10. The van der Waals surface area contributed by atoms with Crippen molar-refractivity contribution in [2.24, 2.45) is 0 Å². The molecule has 2 N–H and O–H groups in total. The van der Waals surface area contributed by atoms with E-state index in [1.807, 2.05) is 36.8 Å². The van der Waals surface area contributed by atoms with Gasteiger partial charge in [0.15, 0.2) is 5.82 Å². The summed E-state index contributed by atoms with van der Waals surface area (Å²) in [5, 5.41) is 8.71. The van der Waals surface area contributed by atoms with Gasteiger partial charge >= 0.3 is 0 Å². The third-order valence-electron chi connectivity index (χ3n) is 5.80. The molecule has 5 heterocycles. The third kappa shape index (κ3) is 3.60. The van der Waals surface area contributed by atoms with Gasteiger partial charge in [0.2, 0.25) is 0 Å². The van der Waals surface area contributed by atoms with Crippen LogP contribution in [0.4, 0.5) is 0 Å². The zero-order valence-electron chi connectivity index (χ0n) is 18.8. The van der Waals surface area contributed by atoms with Crippen molar-refractivity contribution in [2.45, 2.75) is 6.54 Å². The highest BCUT2D eigenvalue weighted by molar-refractivity contribution is 5.98. The highest BCUT2D eigenvalue weighted by atomic mass is 15.1. The van der Waals surface area contributed by atoms with Crippen LogP contribution >= 0.6 is 0 Å². The molecule has 8 nitrogen and oxygen atoms in total. The van der Waals surface area contributed by atoms with Crippen LogP contribution in [0.2, 0.25) is 0 Å². The maximum Gasteiger partial charge on any atom is 0.159 e. The second-order valence-electron chi connectivity index (χ2n) is 8.56. The van der Waals surface area contributed by atoms with Gasteiger partial charge in [0.25, 0.3) is 0 Å². The molecule has 0 aliphatic carbocycles. The predicted molar refractivity (Wildman–Crippen MR) is 133 cm³/mol. The highest BCUT2D eigenvalue weighted by Gasteiger charge is 2.16. The number of benzene rings is 1. The van der Waals surface area contributed by atoms with Crippen LogP contribution in [-0.2, 0) is 6.54 Å². The van der Waals surface area contributed by atoms with Gasteiger partial charge in [0, 0.05) is 54.0 Å². The molecule has 6 aromatic rings. The molecule has 0 aliphatic rings. The van der Waals surface area contributed by atoms with Crippen LogP contribution in [0.15, 0.2) is 73.6 Å². The SMILES string of the molecule is CN(C)Cc1cncc(-c2ccc3[nH]nc(-c4nc5c(-c6ccncc6)cncc5[nH]4)c3c2)c1. The molecule has 1 aromatic carbocycles. The molecule has 8 heteroatoms. The number of nitrogens with one attached hydrogen (secondary N) is 2. The Bertz CT molecular complexity index is 1610. The zero-order valence-corrected chi connectivity index (χ0v) is 18.8. The second kappa shape index (κ2) is 8.17. The molecule has 0 aliphatic heterocycles. The molecule has 0 fully saturated rings. The van der Waals surface area contributed by atoms with Crippen molar-refractivity contribution in [3.63, 3.8) is 0 Å². The molecule has 0 unspecified atom stereocenters. The van der Waals surface area contributed by atoms with Gasteiger partial charge in [-0.05, 0) is 61.1 Å². The van der Waals surface area contributed by atoms with Gasteiger partial charge in [0.1, 0.15) is 5.69 Å². The number of nitrogens with zero attached hydrogens (tertiary/aromatic N) is 6. The van der Waals surface area contributed by atoms with E-state index >= 15 is 0 Å². The summed E-state index contributed by atoms with van der Waals surface area (Å²) in [6.45, 7) is 0.840. The Kier molecular flexibility index (Phi) is 4.85. The van der Waals surface area contributed by atoms with Crippen molar-refractivity contribution in [2.75, 3.05) is 14.1 Å². The molecular weight excluding hydrogens is 424 g/mol. The Balaban J connectivity index is 1.45. The van der Waals surface area contributed by atoms with Crippen molar-refractivity contribution in [1.82, 2.24) is 40.0 Å². The first-order valence-corrected chi connectivity index (χ1v) is 11.0. The van der Waals surface area contributed by atoms with Crippen LogP contribution in [-0.4, -0.2) is 54.1 Å². The molecule has 0 radical (unpaired) electrons. The monoisotopic (exact) mass is 446 g/mol. The summed E-state index contributed by atoms with van der Waals surface area (Å²) in [5.74, 6) is 0.696. The van der Waals surface area contributed by atoms with Gasteiger partial charge in [-0.15, -0.1) is 0 Å². The van der Waals surface area contributed by atoms with Crippen LogP contribution in [0, 0.1) is 0 Å². The van der Waals surface area contributed by atoms with E-state index < -0.39 is 0 Å². The number of H-pyrrole nitrogens is 2. The Labute approximate surface area is 195 Å². The third-order valence-corrected chi connectivity index (χ3v) is 5.80. The van der Waals surface area contributed by atoms with Crippen molar-refractivity contribution in [3.8, 4) is 33.8 Å². The summed E-state index contributed by atoms with van der Waals surface area (Å²) in [6.07, 6.45) is 11.0. The largest absolute Gasteiger partial charge is 0.335 e. The first-order valence-electron chi connectivity index (χ1n) is 11.0. The molecule has 34 heavy (non-hydrogen) atoms. The summed E-state index contributed by atoms with van der Waals surface area (Å²) < 4.78 is 0. The van der Waals surface area contributed by atoms with Crippen molar-refractivity contribution < 1.29 is 0 Å². The van der Waals surface area contributed by atoms with Crippen LogP contribution in [0.1, 0.15) is 5.56 Å². The fourth-order valence-corrected chi connectivity index (χ4v) is 4.26. The van der Waals surface area contributed by atoms with Gasteiger partial charge in [-0.3, -0.25) is 20.1 Å². The summed E-state index contributed by atoms with van der Waals surface area (Å²) in [7, 11) is 4.11. The Morgan fingerprint density at radius 3 is 2.50 bits per heavy atom. The fourth-order valence-electron chi connectivity index (χ4n) is 4.26. The maximum atomic E-state index is 4.91. The number of aromatic nitrogens is 7. The molecule has 0 amide bonds. The average Bonchev–Trinajstić information content (AvgIpc) is 3.48. The molecular formula is C26H22N8. The van der Waals surface area contributed by atoms with Gasteiger partial charge in [0.05, 0.1) is 22.7 Å². The normalized spacial score (nSPS) is 11.6. The van der Waals surface area contributed by atoms with Crippen molar-refractivity contribution >= 4 is 21.9 Å². The Morgan fingerprint density at radius 2 is 1.65 bits per heavy atom. The predicted octanol–water partition coefficient (Wildman–Crippen LogP) is 4.69. The molecule has 5 aromatic heterocycles. The highest BCUT2D eigenvalue weighted by Crippen LogP contribution is 2.32. The Morgan fingerprint density at radius 1 is 0.794 bits per heavy atom. The van der Waals surface area contributed by atoms with E-state index in [1.165, 1.54) is 5.56 Å². The number of pyridine rings is 3. The molecule has 0 saturated heterocycles. The fraction of sp³-hybridized carbons (Fsp3) is 0.115. The average molecular weight is 447 g/mol. The minimum Gasteiger partial charge on any atom is -0.335 e. The number of hydrogen-bond acceptors (Lipinski definition) is 6. The van der Waals surface area contributed by atoms with Gasteiger partial charge in [-0.1, -0.05) is 6.07 Å². The standard InChI is InChI=1S/C26H22N8/c1-34(2)15-16-9-19(12-28-11-16)18-3-4-22-20(10-18)25(33-32-22)26-30-23-14-29-13-21(24(23)31-26)17-5-7-27-8-6-17/h3-14H,15H2,1-2H3,(H,30,31)(H,32,33). The number of aromatic amines is 2. The van der Waals surface area contributed by atoms with Crippen LogP contribution in [0.5, 0.6) is 0 Å². The van der Waals surface area contributed by atoms with E-state index in [1.54, 1.807) is 18.6 Å². The first kappa shape index (κ1) is 20.2. The van der Waals surface area contributed by atoms with Crippen LogP contribution < -0.4 is 0 Å². The number of rotatable bonds is 5. The number of fused-ring (bicyclic) bond motifs is 2. The van der Waals surface area contributed by atoms with Crippen molar-refractivity contribution in [3.05, 3.63) is 79.1 Å². The summed E-state index contributed by atoms with van der Waals surface area (Å²) in [4.78, 5) is 23.4. The molecule has 0 spiro atoms. The molecule has 0 saturated carbocycles. The minimum atomic E-state index is 0.696. The van der Waals surface area contributed by atoms with E-state index in [2.05, 4.69) is 67.3 Å². The molecule has 6 rings (SSSR count). The van der Waals surface area contributed by atoms with E-state index in [0.717, 1.165) is 56.4 Å². The van der Waals surface area contributed by atoms with Gasteiger partial charge < -0.3 is 9.88 Å². The lowest BCUT2D eigenvalue weighted by molar-refractivity contribution is 0.402. The summed E-state index contributed by atoms with van der Waals surface area (Å²) in [5.41, 5.74) is 8.72. The first-order chi connectivity index (χ1) is 16.7. The number of hydrogen-bond donors (Lipinski definition) is 2. The smallest absolute Gasteiger partial charge is 0.159 e. The maximum absolute atomic E-state index is 4.91. The topological polar surface area (TPSA) is 99.3 Å². The van der Waals surface area contributed by atoms with Crippen molar-refractivity contribution in [1.29, 1.82) is 0 Å². The van der Waals surface area contributed by atoms with E-state index in [9.17, 15) is 0 Å². The Hall–Kier alpha value is -4.43. The van der Waals surface area contributed by atoms with Crippen LogP contribution in [0.25, 0.3) is 55.7 Å². The minimum absolute atomic E-state index is 0.696. The van der Waals surface area contributed by atoms with Crippen LogP contribution in [0.3, 0.4) is 0 Å². The lowest BCUT2D eigenvalue weighted by Crippen LogP contribution is -2.10. The van der Waals surface area contributed by atoms with Gasteiger partial charge in [-0.25, -0.2) is 4.98 Å². The lowest BCUT2D eigenvalue weighted by atomic mass is 10.0. The van der Waals surface area contributed by atoms with E-state index in [4.69, 9.17) is 4.98 Å². The summed E-state index contributed by atoms with van der Waals surface area (Å²) in [6, 6.07) is 12.4. The zero-order chi connectivity index (χ0) is 23.1. The van der Waals surface area contributed by atoms with Gasteiger partial charge in [-0.2, -0.15) is 5.10 Å². The quantitative estimate of drug-likeness (QED) is 0.399. The number of imidazole rings is 1. The molecule has 0 atom stereocenters. The second-order valence-corrected chi connectivity index (χ2v) is 8.56.